The van der Waals surface area contributed by atoms with Crippen LogP contribution in [0.5, 0.6) is 0 Å². The number of allylic oxidation sites excluding steroid dienone is 3. The topological polar surface area (TPSA) is 262 Å². The molecular weight excluding hydrogens is 1100 g/mol. The second-order valence-corrected chi connectivity index (χ2v) is 27.3. The number of ether oxygens (including phenoxy) is 9. The summed E-state index contributed by atoms with van der Waals surface area (Å²) in [6, 6.07) is 2.00. The quantitative estimate of drug-likeness (QED) is 0.0468. The molecule has 1 aromatic heterocycles. The molecule has 0 bridgehead atoms. The van der Waals surface area contributed by atoms with Crippen molar-refractivity contribution < 1.29 is 91.4 Å². The Kier molecular flexibility index (Phi) is 17.5. The van der Waals surface area contributed by atoms with E-state index in [9.17, 15) is 44.4 Å². The smallest absolute Gasteiger partial charge is 0.316 e. The van der Waals surface area contributed by atoms with Gasteiger partial charge in [-0.25, -0.2) is 0 Å². The Morgan fingerprint density at radius 1 is 0.929 bits per heavy atom. The number of esters is 4. The van der Waals surface area contributed by atoms with E-state index in [4.69, 9.17) is 47.0 Å². The Balaban J connectivity index is 0.830. The first kappa shape index (κ1) is 63.2. The average molecular weight is 1190 g/mol. The average Bonchev–Trinajstić information content (AvgIpc) is 1.55. The number of furan rings is 1. The van der Waals surface area contributed by atoms with E-state index in [0.29, 0.717) is 31.4 Å². The minimum atomic E-state index is -1.71. The van der Waals surface area contributed by atoms with Crippen LogP contribution < -0.4 is 0 Å². The summed E-state index contributed by atoms with van der Waals surface area (Å²) in [6.45, 7) is 20.2. The molecule has 5 fully saturated rings. The van der Waals surface area contributed by atoms with Crippen molar-refractivity contribution in [1.29, 1.82) is 0 Å². The third kappa shape index (κ3) is 10.7. The molecule has 6 aliphatic carbocycles. The number of carbonyl (C=O) groups is 5. The van der Waals surface area contributed by atoms with Gasteiger partial charge in [0.15, 0.2) is 18.2 Å². The molecule has 4 heterocycles. The summed E-state index contributed by atoms with van der Waals surface area (Å²) in [5.41, 5.74) is 0.624. The summed E-state index contributed by atoms with van der Waals surface area (Å²) < 4.78 is 61.1. The number of rotatable bonds is 19. The van der Waals surface area contributed by atoms with Gasteiger partial charge < -0.3 is 67.5 Å². The number of unbranched alkanes of at least 4 members (excludes halogenated alkanes) is 1. The molecule has 6 unspecified atom stereocenters. The second-order valence-electron chi connectivity index (χ2n) is 27.3. The third-order valence-electron chi connectivity index (χ3n) is 21.7. The van der Waals surface area contributed by atoms with Gasteiger partial charge >= 0.3 is 23.9 Å². The number of methoxy groups -OCH3 is 2. The SMILES string of the molecule is COC[C@H]1CC[C@@H]2/C1=C\[C@]1(C)C(=C([C@H](C)COC(C)=O)C[C@@H]1O)[C@@H](OC1OC(COC(C)(C)/C=C/CCCc3occc3[C@@H]3C[C@H]4O[C@@H]5[C@@H]6OC(=O)[C@]7(C)C=CC(=O)[C@@](C)(C67)[C@@H](CC(=O)OC)[C@]5(C)C4=C3C)C(O)C(OC(C)=O)C1O)[C@H](O)[C@@H]2C. The number of fused-ring (bicyclic) bond motifs is 6. The maximum absolute atomic E-state index is 14.2. The maximum Gasteiger partial charge on any atom is 0.316 e. The zero-order valence-corrected chi connectivity index (χ0v) is 51.6. The molecule has 4 N–H and O–H groups in total. The van der Waals surface area contributed by atoms with Crippen molar-refractivity contribution >= 4 is 29.7 Å². The van der Waals surface area contributed by atoms with Crippen LogP contribution in [0.4, 0.5) is 0 Å². The zero-order valence-electron chi connectivity index (χ0n) is 51.6. The highest BCUT2D eigenvalue weighted by Crippen LogP contribution is 2.72. The van der Waals surface area contributed by atoms with Crippen LogP contribution in [-0.4, -0.2) is 157 Å². The van der Waals surface area contributed by atoms with Crippen LogP contribution in [-0.2, 0) is 73.0 Å². The van der Waals surface area contributed by atoms with Crippen LogP contribution in [0.15, 0.2) is 75.0 Å². The lowest BCUT2D eigenvalue weighted by atomic mass is 9.42. The summed E-state index contributed by atoms with van der Waals surface area (Å²) >= 11 is 0. The van der Waals surface area contributed by atoms with Gasteiger partial charge in [-0.1, -0.05) is 68.7 Å². The lowest BCUT2D eigenvalue weighted by Gasteiger charge is -2.59. The Labute approximate surface area is 498 Å². The van der Waals surface area contributed by atoms with Crippen molar-refractivity contribution in [2.45, 2.75) is 206 Å². The predicted molar refractivity (Wildman–Crippen MR) is 305 cm³/mol. The van der Waals surface area contributed by atoms with Crippen LogP contribution in [0.2, 0.25) is 0 Å². The van der Waals surface area contributed by atoms with E-state index >= 15 is 0 Å². The van der Waals surface area contributed by atoms with Crippen molar-refractivity contribution in [2.24, 2.45) is 57.2 Å². The molecule has 3 aliphatic heterocycles. The number of aryl methyl sites for hydroxylation is 1. The number of ketones is 1. The van der Waals surface area contributed by atoms with Gasteiger partial charge in [0, 0.05) is 72.9 Å². The highest BCUT2D eigenvalue weighted by atomic mass is 16.7. The fraction of sp³-hybridized carbons (Fsp3) is 0.712. The van der Waals surface area contributed by atoms with E-state index in [1.807, 2.05) is 66.7 Å². The van der Waals surface area contributed by atoms with Crippen molar-refractivity contribution in [1.82, 2.24) is 0 Å². The minimum Gasteiger partial charge on any atom is -0.469 e. The number of aliphatic hydroxyl groups is 4. The van der Waals surface area contributed by atoms with Crippen LogP contribution in [0.3, 0.4) is 0 Å². The monoisotopic (exact) mass is 1190 g/mol. The summed E-state index contributed by atoms with van der Waals surface area (Å²) in [5, 5.41) is 48.4. The first-order valence-electron chi connectivity index (χ1n) is 30.6. The Morgan fingerprint density at radius 3 is 2.36 bits per heavy atom. The van der Waals surface area contributed by atoms with Crippen molar-refractivity contribution in [3.8, 4) is 0 Å². The van der Waals surface area contributed by atoms with Crippen LogP contribution in [0.25, 0.3) is 0 Å². The molecule has 0 amide bonds. The van der Waals surface area contributed by atoms with E-state index < -0.39 is 130 Å². The normalized spacial score (nSPS) is 42.0. The summed E-state index contributed by atoms with van der Waals surface area (Å²) in [4.78, 5) is 65.8. The molecule has 0 spiro atoms. The molecule has 10 rings (SSSR count). The first-order chi connectivity index (χ1) is 40.1. The summed E-state index contributed by atoms with van der Waals surface area (Å²) in [7, 11) is 3.01. The fourth-order valence-corrected chi connectivity index (χ4v) is 17.4. The Bertz CT molecular complexity index is 2930. The van der Waals surface area contributed by atoms with Gasteiger partial charge in [-0.15, -0.1) is 0 Å². The molecule has 19 heteroatoms. The second kappa shape index (κ2) is 23.6. The minimum absolute atomic E-state index is 0.0190. The Morgan fingerprint density at radius 2 is 1.67 bits per heavy atom. The third-order valence-corrected chi connectivity index (χ3v) is 21.7. The van der Waals surface area contributed by atoms with Gasteiger partial charge in [0.05, 0.1) is 68.9 Å². The Hall–Kier alpha value is -4.83. The largest absolute Gasteiger partial charge is 0.469 e. The summed E-state index contributed by atoms with van der Waals surface area (Å²) in [6.07, 6.45) is 2.89. The number of hydrogen-bond donors (Lipinski definition) is 4. The van der Waals surface area contributed by atoms with Gasteiger partial charge in [-0.2, -0.15) is 0 Å². The van der Waals surface area contributed by atoms with E-state index in [-0.39, 0.29) is 61.6 Å². The van der Waals surface area contributed by atoms with Gasteiger partial charge in [0.1, 0.15) is 42.4 Å². The van der Waals surface area contributed by atoms with E-state index in [1.54, 1.807) is 19.4 Å². The molecule has 0 radical (unpaired) electrons. The molecule has 85 heavy (non-hydrogen) atoms. The van der Waals surface area contributed by atoms with Crippen LogP contribution in [0, 0.1) is 57.2 Å². The lowest BCUT2D eigenvalue weighted by molar-refractivity contribution is -0.320. The molecule has 22 atom stereocenters. The lowest BCUT2D eigenvalue weighted by Crippen LogP contribution is -2.66. The number of aliphatic hydroxyl groups excluding tert-OH is 4. The standard InChI is InChI=1S/C66H90O19/c1-32(29-79-35(4)67)40-26-48(70)64(9)28-42-37(30-76-12)18-19-38(42)34(3)52(72)55(51(40)64)84-60-54(74)56(81-36(5)68)53(73)45(83-60)31-80-62(6,7)22-16-14-15-17-43-39(21-24-78-43)41-25-44-50(33(41)2)66(11)46(27-49(71)77-13)65(10)47(69)20-23-63(8)58(65)57(59(66)82-44)85-61(63)75/h16,20-24,28,32,34,37-38,41,44-46,48,52-60,70,72-74H,14-15,17-19,25-27,29-31H2,1-13H3/b22-16+,42-28-/t32-,34-,37-,38+,41-,44-,45?,46-,48+,52-,53?,54?,55-,56?,57-,58?,59-,60?,63-,64+,65+,66-/m1/s1. The van der Waals surface area contributed by atoms with E-state index in [0.717, 1.165) is 52.9 Å². The molecule has 19 nitrogen and oxygen atoms in total. The maximum atomic E-state index is 14.2. The van der Waals surface area contributed by atoms with Crippen molar-refractivity contribution in [3.05, 3.63) is 81.9 Å². The van der Waals surface area contributed by atoms with E-state index in [1.165, 1.54) is 27.0 Å². The molecule has 0 aromatic carbocycles. The first-order valence-corrected chi connectivity index (χ1v) is 30.6. The van der Waals surface area contributed by atoms with Gasteiger partial charge in [-0.05, 0) is 114 Å². The number of hydrogen-bond acceptors (Lipinski definition) is 19. The fourth-order valence-electron chi connectivity index (χ4n) is 17.4. The van der Waals surface area contributed by atoms with Gasteiger partial charge in [0.25, 0.3) is 0 Å². The van der Waals surface area contributed by atoms with Crippen LogP contribution >= 0.6 is 0 Å². The molecular formula is C66H90O19. The highest BCUT2D eigenvalue weighted by Gasteiger charge is 2.78. The van der Waals surface area contributed by atoms with Gasteiger partial charge in [0.2, 0.25) is 0 Å². The zero-order chi connectivity index (χ0) is 61.6. The molecule has 2 saturated carbocycles. The van der Waals surface area contributed by atoms with Crippen LogP contribution in [0.1, 0.15) is 138 Å². The molecule has 468 valence electrons. The predicted octanol–water partition coefficient (Wildman–Crippen LogP) is 7.06. The molecule has 3 saturated heterocycles. The molecule has 9 aliphatic rings. The van der Waals surface area contributed by atoms with Gasteiger partial charge in [-0.3, -0.25) is 24.0 Å². The van der Waals surface area contributed by atoms with E-state index in [2.05, 4.69) is 19.9 Å². The highest BCUT2D eigenvalue weighted by molar-refractivity contribution is 6.00. The molecule has 1 aromatic rings. The number of carbonyl (C=O) groups excluding carboxylic acids is 5. The van der Waals surface area contributed by atoms with Crippen molar-refractivity contribution in [2.75, 3.05) is 34.0 Å². The van der Waals surface area contributed by atoms with Crippen molar-refractivity contribution in [3.63, 3.8) is 0 Å². The summed E-state index contributed by atoms with van der Waals surface area (Å²) in [5.74, 6) is -3.24.